The molecule has 4 nitrogen and oxygen atoms in total. The van der Waals surface area contributed by atoms with Crippen molar-refractivity contribution in [2.24, 2.45) is 0 Å². The second-order valence-electron chi connectivity index (χ2n) is 5.22. The van der Waals surface area contributed by atoms with Crippen LogP contribution < -0.4 is 5.32 Å². The Morgan fingerprint density at radius 2 is 2.17 bits per heavy atom. The highest BCUT2D eigenvalue weighted by atomic mass is 16.2. The van der Waals surface area contributed by atoms with Gasteiger partial charge in [0.1, 0.15) is 6.04 Å². The van der Waals surface area contributed by atoms with Crippen LogP contribution in [0.15, 0.2) is 11.6 Å². The highest BCUT2D eigenvalue weighted by molar-refractivity contribution is 5.89. The van der Waals surface area contributed by atoms with Gasteiger partial charge in [-0.05, 0) is 39.0 Å². The van der Waals surface area contributed by atoms with Gasteiger partial charge in [-0.3, -0.25) is 9.59 Å². The average Bonchev–Trinajstić information content (AvgIpc) is 2.50. The number of amides is 2. The van der Waals surface area contributed by atoms with Crippen LogP contribution in [0.4, 0.5) is 0 Å². The van der Waals surface area contributed by atoms with Crippen molar-refractivity contribution in [3.8, 4) is 0 Å². The molecule has 0 radical (unpaired) electrons. The van der Waals surface area contributed by atoms with Crippen molar-refractivity contribution in [3.63, 3.8) is 0 Å². The molecule has 1 heterocycles. The molecule has 18 heavy (non-hydrogen) atoms. The van der Waals surface area contributed by atoms with E-state index in [1.165, 1.54) is 31.3 Å². The molecule has 0 bridgehead atoms. The molecule has 1 aliphatic heterocycles. The first-order valence-electron chi connectivity index (χ1n) is 6.93. The van der Waals surface area contributed by atoms with Gasteiger partial charge in [-0.2, -0.15) is 0 Å². The smallest absolute Gasteiger partial charge is 0.244 e. The van der Waals surface area contributed by atoms with E-state index in [2.05, 4.69) is 11.4 Å². The molecule has 2 amide bonds. The van der Waals surface area contributed by atoms with E-state index in [4.69, 9.17) is 0 Å². The van der Waals surface area contributed by atoms with Gasteiger partial charge in [0.15, 0.2) is 0 Å². The minimum absolute atomic E-state index is 0.0183. The zero-order valence-corrected chi connectivity index (χ0v) is 11.1. The third kappa shape index (κ3) is 3.34. The Balaban J connectivity index is 1.89. The van der Waals surface area contributed by atoms with Crippen LogP contribution in [0.5, 0.6) is 0 Å². The van der Waals surface area contributed by atoms with Crippen LogP contribution in [0.1, 0.15) is 45.4 Å². The first-order chi connectivity index (χ1) is 8.66. The zero-order valence-electron chi connectivity index (χ0n) is 11.1. The van der Waals surface area contributed by atoms with E-state index in [1.54, 1.807) is 6.92 Å². The maximum absolute atomic E-state index is 12.1. The summed E-state index contributed by atoms with van der Waals surface area (Å²) >= 11 is 0. The molecule has 0 aromatic rings. The molecular weight excluding hydrogens is 228 g/mol. The first kappa shape index (κ1) is 13.1. The minimum atomic E-state index is -0.375. The monoisotopic (exact) mass is 250 g/mol. The van der Waals surface area contributed by atoms with E-state index in [-0.39, 0.29) is 17.9 Å². The van der Waals surface area contributed by atoms with Gasteiger partial charge < -0.3 is 10.2 Å². The topological polar surface area (TPSA) is 49.4 Å². The van der Waals surface area contributed by atoms with E-state index in [1.807, 2.05) is 4.90 Å². The van der Waals surface area contributed by atoms with Crippen LogP contribution in [0.3, 0.4) is 0 Å². The van der Waals surface area contributed by atoms with E-state index in [0.717, 1.165) is 13.0 Å². The number of nitrogens with one attached hydrogen (secondary N) is 1. The molecule has 0 spiro atoms. The SMILES string of the molecule is CC1NC(=O)CCN(CCC2=CCCCC2)C1=O. The van der Waals surface area contributed by atoms with Gasteiger partial charge in [0.2, 0.25) is 11.8 Å². The van der Waals surface area contributed by atoms with E-state index in [9.17, 15) is 9.59 Å². The van der Waals surface area contributed by atoms with Crippen molar-refractivity contribution in [2.45, 2.75) is 51.5 Å². The van der Waals surface area contributed by atoms with E-state index in [0.29, 0.717) is 13.0 Å². The molecular formula is C14H22N2O2. The summed E-state index contributed by atoms with van der Waals surface area (Å²) in [5.74, 6) is 0.0347. The maximum atomic E-state index is 12.1. The number of rotatable bonds is 3. The Bertz CT molecular complexity index is 363. The third-order valence-corrected chi connectivity index (χ3v) is 3.76. The molecule has 1 fully saturated rings. The first-order valence-corrected chi connectivity index (χ1v) is 6.93. The molecule has 0 aromatic carbocycles. The molecule has 1 aliphatic carbocycles. The van der Waals surface area contributed by atoms with E-state index >= 15 is 0 Å². The van der Waals surface area contributed by atoms with Gasteiger partial charge in [0.05, 0.1) is 0 Å². The second kappa shape index (κ2) is 6.03. The van der Waals surface area contributed by atoms with Gasteiger partial charge in [-0.1, -0.05) is 11.6 Å². The second-order valence-corrected chi connectivity index (χ2v) is 5.22. The predicted molar refractivity (Wildman–Crippen MR) is 70.0 cm³/mol. The van der Waals surface area contributed by atoms with Gasteiger partial charge >= 0.3 is 0 Å². The maximum Gasteiger partial charge on any atom is 0.244 e. The summed E-state index contributed by atoms with van der Waals surface area (Å²) in [5.41, 5.74) is 1.48. The highest BCUT2D eigenvalue weighted by Gasteiger charge is 2.26. The lowest BCUT2D eigenvalue weighted by Crippen LogP contribution is -2.43. The van der Waals surface area contributed by atoms with Gasteiger partial charge in [0, 0.05) is 19.5 Å². The number of hydrogen-bond acceptors (Lipinski definition) is 2. The third-order valence-electron chi connectivity index (χ3n) is 3.76. The number of nitrogens with zero attached hydrogens (tertiary/aromatic N) is 1. The number of carbonyl (C=O) groups is 2. The van der Waals surface area contributed by atoms with Crippen LogP contribution >= 0.6 is 0 Å². The number of allylic oxidation sites excluding steroid dienone is 1. The summed E-state index contributed by atoms with van der Waals surface area (Å²) < 4.78 is 0. The molecule has 2 aliphatic rings. The lowest BCUT2D eigenvalue weighted by molar-refractivity contribution is -0.133. The Morgan fingerprint density at radius 1 is 1.33 bits per heavy atom. The summed E-state index contributed by atoms with van der Waals surface area (Å²) in [5, 5.41) is 2.71. The fraction of sp³-hybridized carbons (Fsp3) is 0.714. The lowest BCUT2D eigenvalue weighted by Gasteiger charge is -2.23. The molecule has 1 atom stereocenters. The largest absolute Gasteiger partial charge is 0.345 e. The van der Waals surface area contributed by atoms with Crippen LogP contribution in [0.25, 0.3) is 0 Å². The van der Waals surface area contributed by atoms with Crippen molar-refractivity contribution in [3.05, 3.63) is 11.6 Å². The van der Waals surface area contributed by atoms with Gasteiger partial charge in [-0.25, -0.2) is 0 Å². The minimum Gasteiger partial charge on any atom is -0.345 e. The molecule has 0 aromatic heterocycles. The van der Waals surface area contributed by atoms with Gasteiger partial charge in [0.25, 0.3) is 0 Å². The molecule has 100 valence electrons. The van der Waals surface area contributed by atoms with Crippen molar-refractivity contribution in [1.82, 2.24) is 10.2 Å². The highest BCUT2D eigenvalue weighted by Crippen LogP contribution is 2.20. The summed E-state index contributed by atoms with van der Waals surface area (Å²) in [4.78, 5) is 25.3. The Morgan fingerprint density at radius 3 is 2.89 bits per heavy atom. The van der Waals surface area contributed by atoms with Crippen LogP contribution in [0, 0.1) is 0 Å². The number of carbonyl (C=O) groups excluding carboxylic acids is 2. The standard InChI is InChI=1S/C14H22N2O2/c1-11-14(18)16(10-8-13(17)15-11)9-7-12-5-3-2-4-6-12/h5,11H,2-4,6-10H2,1H3,(H,15,17). The van der Waals surface area contributed by atoms with Crippen molar-refractivity contribution in [1.29, 1.82) is 0 Å². The quantitative estimate of drug-likeness (QED) is 0.774. The Kier molecular flexibility index (Phi) is 4.39. The van der Waals surface area contributed by atoms with Crippen LogP contribution in [0.2, 0.25) is 0 Å². The Hall–Kier alpha value is -1.32. The summed E-state index contributed by atoms with van der Waals surface area (Å²) in [6, 6.07) is -0.375. The molecule has 4 heteroatoms. The van der Waals surface area contributed by atoms with Crippen molar-refractivity contribution < 1.29 is 9.59 Å². The van der Waals surface area contributed by atoms with Crippen LogP contribution in [-0.4, -0.2) is 35.8 Å². The fourth-order valence-corrected chi connectivity index (χ4v) is 2.63. The van der Waals surface area contributed by atoms with E-state index < -0.39 is 0 Å². The fourth-order valence-electron chi connectivity index (χ4n) is 2.63. The van der Waals surface area contributed by atoms with Crippen molar-refractivity contribution in [2.75, 3.05) is 13.1 Å². The average molecular weight is 250 g/mol. The Labute approximate surface area is 108 Å². The molecule has 1 unspecified atom stereocenters. The van der Waals surface area contributed by atoms with Crippen molar-refractivity contribution >= 4 is 11.8 Å². The summed E-state index contributed by atoms with van der Waals surface area (Å²) in [6.45, 7) is 3.07. The van der Waals surface area contributed by atoms with Crippen LogP contribution in [-0.2, 0) is 9.59 Å². The normalized spacial score (nSPS) is 25.5. The zero-order chi connectivity index (χ0) is 13.0. The molecule has 0 saturated carbocycles. The van der Waals surface area contributed by atoms with Gasteiger partial charge in [-0.15, -0.1) is 0 Å². The number of hydrogen-bond donors (Lipinski definition) is 1. The predicted octanol–water partition coefficient (Wildman–Crippen LogP) is 1.61. The molecule has 1 N–H and O–H groups in total. The lowest BCUT2D eigenvalue weighted by atomic mass is 9.97. The summed E-state index contributed by atoms with van der Waals surface area (Å²) in [6.07, 6.45) is 8.63. The molecule has 2 rings (SSSR count). The molecule has 1 saturated heterocycles. The summed E-state index contributed by atoms with van der Waals surface area (Å²) in [7, 11) is 0.